The van der Waals surface area contributed by atoms with Crippen molar-refractivity contribution in [3.63, 3.8) is 0 Å². The first kappa shape index (κ1) is 13.6. The van der Waals surface area contributed by atoms with Gasteiger partial charge in [0.05, 0.1) is 6.04 Å². The largest absolute Gasteiger partial charge is 0.335 e. The molecule has 17 heavy (non-hydrogen) atoms. The smallest absolute Gasteiger partial charge is 0.239 e. The average molecular weight is 238 g/mol. The highest BCUT2D eigenvalue weighted by molar-refractivity contribution is 5.81. The summed E-state index contributed by atoms with van der Waals surface area (Å²) in [6.45, 7) is 5.87. The van der Waals surface area contributed by atoms with Gasteiger partial charge in [-0.15, -0.1) is 0 Å². The molecule has 1 unspecified atom stereocenters. The van der Waals surface area contributed by atoms with Gasteiger partial charge in [0.25, 0.3) is 0 Å². The Bertz CT molecular complexity index is 391. The summed E-state index contributed by atoms with van der Waals surface area (Å²) in [4.78, 5) is 13.5. The summed E-state index contributed by atoms with van der Waals surface area (Å²) in [6.07, 6.45) is 0. The van der Waals surface area contributed by atoms with Gasteiger partial charge in [-0.05, 0) is 38.5 Å². The van der Waals surface area contributed by atoms with E-state index < -0.39 is 6.04 Å². The van der Waals surface area contributed by atoms with E-state index in [1.165, 1.54) is 12.1 Å². The van der Waals surface area contributed by atoms with Crippen molar-refractivity contribution in [3.8, 4) is 0 Å². The number of benzene rings is 1. The van der Waals surface area contributed by atoms with Crippen LogP contribution in [0.2, 0.25) is 0 Å². The topological polar surface area (TPSA) is 46.3 Å². The van der Waals surface area contributed by atoms with Crippen LogP contribution in [0.5, 0.6) is 0 Å². The minimum atomic E-state index is -0.536. The van der Waals surface area contributed by atoms with Crippen LogP contribution in [0.3, 0.4) is 0 Å². The van der Waals surface area contributed by atoms with Gasteiger partial charge in [0.15, 0.2) is 0 Å². The van der Waals surface area contributed by atoms with E-state index in [4.69, 9.17) is 5.73 Å². The predicted octanol–water partition coefficient (Wildman–Crippen LogP) is 1.91. The Morgan fingerprint density at radius 3 is 2.53 bits per heavy atom. The van der Waals surface area contributed by atoms with Crippen LogP contribution in [-0.2, 0) is 11.3 Å². The number of amides is 1. The quantitative estimate of drug-likeness (QED) is 0.871. The Morgan fingerprint density at radius 2 is 2.06 bits per heavy atom. The molecular formula is C13H19FN2O. The zero-order chi connectivity index (χ0) is 13.0. The molecule has 0 aliphatic rings. The number of halogens is 1. The highest BCUT2D eigenvalue weighted by atomic mass is 19.1. The molecule has 0 fully saturated rings. The molecular weight excluding hydrogens is 219 g/mol. The van der Waals surface area contributed by atoms with Gasteiger partial charge >= 0.3 is 0 Å². The molecule has 0 aliphatic heterocycles. The minimum Gasteiger partial charge on any atom is -0.335 e. The van der Waals surface area contributed by atoms with Crippen LogP contribution in [0.15, 0.2) is 24.3 Å². The third kappa shape index (κ3) is 3.82. The SMILES string of the molecule is CC(N)C(=O)N(Cc1cccc(F)c1)C(C)C. The summed E-state index contributed by atoms with van der Waals surface area (Å²) >= 11 is 0. The van der Waals surface area contributed by atoms with E-state index in [-0.39, 0.29) is 17.8 Å². The maximum atomic E-state index is 13.1. The van der Waals surface area contributed by atoms with Crippen molar-refractivity contribution in [1.82, 2.24) is 4.90 Å². The van der Waals surface area contributed by atoms with Crippen LogP contribution in [0.4, 0.5) is 4.39 Å². The second-order valence-electron chi connectivity index (χ2n) is 4.48. The lowest BCUT2D eigenvalue weighted by atomic mass is 10.1. The molecule has 0 aliphatic carbocycles. The summed E-state index contributed by atoms with van der Waals surface area (Å²) in [6, 6.07) is 5.76. The molecule has 0 radical (unpaired) electrons. The predicted molar refractivity (Wildman–Crippen MR) is 65.7 cm³/mol. The Kier molecular flexibility index (Phi) is 4.63. The van der Waals surface area contributed by atoms with E-state index in [1.807, 2.05) is 13.8 Å². The van der Waals surface area contributed by atoms with Gasteiger partial charge in [-0.25, -0.2) is 4.39 Å². The molecule has 1 atom stereocenters. The Labute approximate surface area is 101 Å². The van der Waals surface area contributed by atoms with Crippen LogP contribution in [0, 0.1) is 5.82 Å². The zero-order valence-corrected chi connectivity index (χ0v) is 10.5. The maximum absolute atomic E-state index is 13.1. The van der Waals surface area contributed by atoms with Crippen LogP contribution in [-0.4, -0.2) is 22.9 Å². The van der Waals surface area contributed by atoms with E-state index in [1.54, 1.807) is 24.0 Å². The summed E-state index contributed by atoms with van der Waals surface area (Å²) < 4.78 is 13.1. The zero-order valence-electron chi connectivity index (χ0n) is 10.5. The third-order valence-corrected chi connectivity index (χ3v) is 2.54. The molecule has 1 amide bonds. The van der Waals surface area contributed by atoms with Crippen molar-refractivity contribution >= 4 is 5.91 Å². The monoisotopic (exact) mass is 238 g/mol. The first-order valence-corrected chi connectivity index (χ1v) is 5.72. The number of carbonyl (C=O) groups excluding carboxylic acids is 1. The van der Waals surface area contributed by atoms with Crippen LogP contribution in [0.25, 0.3) is 0 Å². The van der Waals surface area contributed by atoms with E-state index in [2.05, 4.69) is 0 Å². The highest BCUT2D eigenvalue weighted by Gasteiger charge is 2.20. The molecule has 0 bridgehead atoms. The number of hydrogen-bond acceptors (Lipinski definition) is 2. The second kappa shape index (κ2) is 5.77. The number of rotatable bonds is 4. The molecule has 1 rings (SSSR count). The first-order chi connectivity index (χ1) is 7.91. The lowest BCUT2D eigenvalue weighted by Gasteiger charge is -2.28. The van der Waals surface area contributed by atoms with Crippen molar-refractivity contribution in [2.24, 2.45) is 5.73 Å². The Morgan fingerprint density at radius 1 is 1.41 bits per heavy atom. The standard InChI is InChI=1S/C13H19FN2O/c1-9(2)16(13(17)10(3)15)8-11-5-4-6-12(14)7-11/h4-7,9-10H,8,15H2,1-3H3. The minimum absolute atomic E-state index is 0.0387. The van der Waals surface area contributed by atoms with Crippen LogP contribution < -0.4 is 5.73 Å². The Balaban J connectivity index is 2.84. The summed E-state index contributed by atoms with van der Waals surface area (Å²) in [5.41, 5.74) is 6.36. The lowest BCUT2D eigenvalue weighted by molar-refractivity contribution is -0.134. The summed E-state index contributed by atoms with van der Waals surface area (Å²) in [5, 5.41) is 0. The molecule has 4 heteroatoms. The van der Waals surface area contributed by atoms with Crippen LogP contribution in [0.1, 0.15) is 26.3 Å². The molecule has 1 aromatic carbocycles. The molecule has 94 valence electrons. The van der Waals surface area contributed by atoms with Crippen molar-refractivity contribution in [3.05, 3.63) is 35.6 Å². The van der Waals surface area contributed by atoms with E-state index in [9.17, 15) is 9.18 Å². The van der Waals surface area contributed by atoms with Gasteiger partial charge in [0.2, 0.25) is 5.91 Å². The maximum Gasteiger partial charge on any atom is 0.239 e. The average Bonchev–Trinajstić information content (AvgIpc) is 2.24. The fraction of sp³-hybridized carbons (Fsp3) is 0.462. The van der Waals surface area contributed by atoms with Gasteiger partial charge in [0.1, 0.15) is 5.82 Å². The molecule has 1 aromatic rings. The van der Waals surface area contributed by atoms with Crippen molar-refractivity contribution < 1.29 is 9.18 Å². The molecule has 3 nitrogen and oxygen atoms in total. The summed E-state index contributed by atoms with van der Waals surface area (Å²) in [7, 11) is 0. The first-order valence-electron chi connectivity index (χ1n) is 5.72. The molecule has 0 aromatic heterocycles. The van der Waals surface area contributed by atoms with Gasteiger partial charge in [0, 0.05) is 12.6 Å². The van der Waals surface area contributed by atoms with Crippen molar-refractivity contribution in [2.45, 2.75) is 39.4 Å². The van der Waals surface area contributed by atoms with E-state index in [0.717, 1.165) is 5.56 Å². The number of nitrogens with zero attached hydrogens (tertiary/aromatic N) is 1. The van der Waals surface area contributed by atoms with Gasteiger partial charge in [-0.3, -0.25) is 4.79 Å². The van der Waals surface area contributed by atoms with Gasteiger partial charge < -0.3 is 10.6 Å². The molecule has 2 N–H and O–H groups in total. The fourth-order valence-corrected chi connectivity index (χ4v) is 1.61. The van der Waals surface area contributed by atoms with E-state index >= 15 is 0 Å². The molecule has 0 saturated heterocycles. The van der Waals surface area contributed by atoms with Crippen LogP contribution >= 0.6 is 0 Å². The summed E-state index contributed by atoms with van der Waals surface area (Å²) in [5.74, 6) is -0.413. The molecule has 0 heterocycles. The van der Waals surface area contributed by atoms with Gasteiger partial charge in [-0.2, -0.15) is 0 Å². The number of carbonyl (C=O) groups is 1. The van der Waals surface area contributed by atoms with Crippen molar-refractivity contribution in [1.29, 1.82) is 0 Å². The van der Waals surface area contributed by atoms with Gasteiger partial charge in [-0.1, -0.05) is 12.1 Å². The second-order valence-corrected chi connectivity index (χ2v) is 4.48. The van der Waals surface area contributed by atoms with Crippen molar-refractivity contribution in [2.75, 3.05) is 0 Å². The number of hydrogen-bond donors (Lipinski definition) is 1. The Hall–Kier alpha value is -1.42. The number of nitrogens with two attached hydrogens (primary N) is 1. The normalized spacial score (nSPS) is 12.6. The molecule has 0 spiro atoms. The third-order valence-electron chi connectivity index (χ3n) is 2.54. The fourth-order valence-electron chi connectivity index (χ4n) is 1.61. The lowest BCUT2D eigenvalue weighted by Crippen LogP contribution is -2.45. The molecule has 0 saturated carbocycles. The highest BCUT2D eigenvalue weighted by Crippen LogP contribution is 2.11. The van der Waals surface area contributed by atoms with E-state index in [0.29, 0.717) is 6.54 Å².